The van der Waals surface area contributed by atoms with Gasteiger partial charge in [-0.15, -0.1) is 11.3 Å². The van der Waals surface area contributed by atoms with E-state index in [1.54, 1.807) is 0 Å². The molecule has 3 aromatic rings. The predicted octanol–water partition coefficient (Wildman–Crippen LogP) is 4.03. The van der Waals surface area contributed by atoms with Crippen LogP contribution >= 0.6 is 11.3 Å². The molecule has 6 nitrogen and oxygen atoms in total. The maximum absolute atomic E-state index is 6.75. The first-order valence-electron chi connectivity index (χ1n) is 12.5. The van der Waals surface area contributed by atoms with Crippen LogP contribution in [0.5, 0.6) is 0 Å². The van der Waals surface area contributed by atoms with Crippen LogP contribution in [-0.4, -0.2) is 73.9 Å². The zero-order valence-corrected chi connectivity index (χ0v) is 20.8. The van der Waals surface area contributed by atoms with Crippen molar-refractivity contribution in [2.75, 3.05) is 57.8 Å². The fourth-order valence-electron chi connectivity index (χ4n) is 5.68. The third-order valence-electron chi connectivity index (χ3n) is 7.62. The number of piperazine rings is 1. The topological polar surface area (TPSA) is 51.3 Å². The molecule has 1 aromatic heterocycles. The summed E-state index contributed by atoms with van der Waals surface area (Å²) in [6, 6.07) is 15.4. The van der Waals surface area contributed by atoms with Gasteiger partial charge in [-0.05, 0) is 43.5 Å². The Balaban J connectivity index is 1.03. The van der Waals surface area contributed by atoms with E-state index in [-0.39, 0.29) is 6.17 Å². The summed E-state index contributed by atoms with van der Waals surface area (Å²) in [5.41, 5.74) is 10.9. The number of rotatable bonds is 5. The van der Waals surface area contributed by atoms with Gasteiger partial charge in [0.05, 0.1) is 6.34 Å². The minimum absolute atomic E-state index is 0.0564. The van der Waals surface area contributed by atoms with E-state index in [4.69, 9.17) is 10.7 Å². The van der Waals surface area contributed by atoms with Crippen LogP contribution in [0.2, 0.25) is 0 Å². The molecule has 4 heterocycles. The van der Waals surface area contributed by atoms with Gasteiger partial charge in [0.1, 0.15) is 11.2 Å². The molecule has 34 heavy (non-hydrogen) atoms. The Labute approximate surface area is 206 Å². The van der Waals surface area contributed by atoms with Gasteiger partial charge in [0.25, 0.3) is 0 Å². The SMILES string of the molecule is CN1CCc2c(sc3c2C(N)N(CCCN2CCN(c4cccc5ccccc45)CC2)C=N3)C1. The molecule has 0 aliphatic carbocycles. The van der Waals surface area contributed by atoms with Crippen LogP contribution in [-0.2, 0) is 13.0 Å². The third-order valence-corrected chi connectivity index (χ3v) is 8.76. The average Bonchev–Trinajstić information content (AvgIpc) is 3.24. The van der Waals surface area contributed by atoms with E-state index in [1.807, 2.05) is 17.7 Å². The number of aliphatic imine (C=N–C) groups is 1. The maximum atomic E-state index is 6.75. The minimum atomic E-state index is -0.0564. The van der Waals surface area contributed by atoms with E-state index in [2.05, 4.69) is 69.1 Å². The summed E-state index contributed by atoms with van der Waals surface area (Å²) in [5.74, 6) is 0. The van der Waals surface area contributed by atoms with E-state index in [0.29, 0.717) is 0 Å². The van der Waals surface area contributed by atoms with Gasteiger partial charge in [0, 0.05) is 67.3 Å². The van der Waals surface area contributed by atoms with Crippen molar-refractivity contribution < 1.29 is 0 Å². The molecule has 0 saturated carbocycles. The van der Waals surface area contributed by atoms with Crippen molar-refractivity contribution in [3.63, 3.8) is 0 Å². The Morgan fingerprint density at radius 2 is 1.82 bits per heavy atom. The predicted molar refractivity (Wildman–Crippen MR) is 143 cm³/mol. The van der Waals surface area contributed by atoms with Crippen molar-refractivity contribution in [3.05, 3.63) is 58.5 Å². The molecule has 0 bridgehead atoms. The number of likely N-dealkylation sites (N-methyl/N-ethyl adjacent to an activating group) is 1. The number of anilines is 1. The molecule has 1 unspecified atom stereocenters. The van der Waals surface area contributed by atoms with Crippen molar-refractivity contribution in [2.45, 2.75) is 25.6 Å². The molecule has 178 valence electrons. The van der Waals surface area contributed by atoms with Crippen molar-refractivity contribution in [1.82, 2.24) is 14.7 Å². The monoisotopic (exact) mass is 474 g/mol. The van der Waals surface area contributed by atoms with E-state index in [0.717, 1.165) is 70.2 Å². The number of nitrogens with zero attached hydrogens (tertiary/aromatic N) is 5. The van der Waals surface area contributed by atoms with Crippen LogP contribution in [0, 0.1) is 0 Å². The summed E-state index contributed by atoms with van der Waals surface area (Å²) < 4.78 is 0. The second-order valence-electron chi connectivity index (χ2n) is 9.82. The molecule has 7 heteroatoms. The molecule has 2 N–H and O–H groups in total. The number of thiophene rings is 1. The minimum Gasteiger partial charge on any atom is -0.368 e. The summed E-state index contributed by atoms with van der Waals surface area (Å²) in [6.45, 7) is 8.59. The zero-order chi connectivity index (χ0) is 23.1. The lowest BCUT2D eigenvalue weighted by molar-refractivity contribution is 0.234. The van der Waals surface area contributed by atoms with Gasteiger partial charge in [0.2, 0.25) is 0 Å². The molecule has 3 aliphatic heterocycles. The standard InChI is InChI=1S/C27H34N6S/c1-30-13-10-22-24(18-30)34-27-25(22)26(28)33(19-29-27)12-5-11-31-14-16-32(17-15-31)23-9-4-7-20-6-2-3-8-21(20)23/h2-4,6-9,19,26H,5,10-18,28H2,1H3. The summed E-state index contributed by atoms with van der Waals surface area (Å²) in [7, 11) is 2.19. The smallest absolute Gasteiger partial charge is 0.124 e. The lowest BCUT2D eigenvalue weighted by Crippen LogP contribution is -2.47. The quantitative estimate of drug-likeness (QED) is 0.605. The average molecular weight is 475 g/mol. The van der Waals surface area contributed by atoms with Crippen LogP contribution in [0.1, 0.15) is 28.6 Å². The first-order chi connectivity index (χ1) is 16.7. The van der Waals surface area contributed by atoms with Crippen molar-refractivity contribution in [2.24, 2.45) is 10.7 Å². The largest absolute Gasteiger partial charge is 0.368 e. The van der Waals surface area contributed by atoms with E-state index >= 15 is 0 Å². The molecule has 1 atom stereocenters. The van der Waals surface area contributed by atoms with E-state index in [9.17, 15) is 0 Å². The maximum Gasteiger partial charge on any atom is 0.124 e. The summed E-state index contributed by atoms with van der Waals surface area (Å²) in [4.78, 5) is 16.0. The molecule has 1 fully saturated rings. The van der Waals surface area contributed by atoms with Gasteiger partial charge >= 0.3 is 0 Å². The van der Waals surface area contributed by atoms with Gasteiger partial charge in [-0.1, -0.05) is 36.4 Å². The Kier molecular flexibility index (Phi) is 6.03. The van der Waals surface area contributed by atoms with Gasteiger partial charge in [-0.2, -0.15) is 0 Å². The summed E-state index contributed by atoms with van der Waals surface area (Å²) >= 11 is 1.83. The highest BCUT2D eigenvalue weighted by atomic mass is 32.1. The van der Waals surface area contributed by atoms with E-state index in [1.165, 1.54) is 32.5 Å². The lowest BCUT2D eigenvalue weighted by Gasteiger charge is -2.37. The fraction of sp³-hybridized carbons (Fsp3) is 0.444. The van der Waals surface area contributed by atoms with Crippen LogP contribution in [0.25, 0.3) is 10.8 Å². The highest BCUT2D eigenvalue weighted by Crippen LogP contribution is 2.43. The Bertz CT molecular complexity index is 1190. The molecule has 1 saturated heterocycles. The molecule has 0 radical (unpaired) electrons. The fourth-order valence-corrected chi connectivity index (χ4v) is 6.98. The lowest BCUT2D eigenvalue weighted by atomic mass is 10.00. The van der Waals surface area contributed by atoms with Crippen molar-refractivity contribution in [3.8, 4) is 0 Å². The molecule has 0 amide bonds. The van der Waals surface area contributed by atoms with Crippen molar-refractivity contribution >= 4 is 39.1 Å². The Hall–Kier alpha value is -2.45. The van der Waals surface area contributed by atoms with Gasteiger partial charge in [-0.25, -0.2) is 4.99 Å². The van der Waals surface area contributed by atoms with Crippen LogP contribution in [0.3, 0.4) is 0 Å². The normalized spacial score (nSPS) is 21.2. The third kappa shape index (κ3) is 4.11. The van der Waals surface area contributed by atoms with E-state index < -0.39 is 0 Å². The summed E-state index contributed by atoms with van der Waals surface area (Å²) in [5, 5.41) is 3.82. The van der Waals surface area contributed by atoms with Gasteiger partial charge in [-0.3, -0.25) is 4.90 Å². The van der Waals surface area contributed by atoms with Gasteiger partial charge < -0.3 is 20.4 Å². The molecular formula is C27H34N6S. The number of nitrogens with two attached hydrogens (primary N) is 1. The second-order valence-corrected chi connectivity index (χ2v) is 10.9. The molecule has 3 aliphatic rings. The van der Waals surface area contributed by atoms with Crippen LogP contribution in [0.15, 0.2) is 47.5 Å². The highest BCUT2D eigenvalue weighted by molar-refractivity contribution is 7.16. The van der Waals surface area contributed by atoms with Crippen molar-refractivity contribution in [1.29, 1.82) is 0 Å². The number of hydrogen-bond acceptors (Lipinski definition) is 7. The molecule has 2 aromatic carbocycles. The zero-order valence-electron chi connectivity index (χ0n) is 20.0. The van der Waals surface area contributed by atoms with Crippen LogP contribution < -0.4 is 10.6 Å². The van der Waals surface area contributed by atoms with Gasteiger partial charge in [0.15, 0.2) is 0 Å². The van der Waals surface area contributed by atoms with Crippen LogP contribution in [0.4, 0.5) is 10.7 Å². The summed E-state index contributed by atoms with van der Waals surface area (Å²) in [6.07, 6.45) is 4.13. The highest BCUT2D eigenvalue weighted by Gasteiger charge is 2.30. The number of hydrogen-bond donors (Lipinski definition) is 1. The Morgan fingerprint density at radius 1 is 1.00 bits per heavy atom. The first kappa shape index (κ1) is 22.0. The number of fused-ring (bicyclic) bond motifs is 4. The first-order valence-corrected chi connectivity index (χ1v) is 13.3. The number of benzene rings is 2. The second kappa shape index (κ2) is 9.30. The molecule has 0 spiro atoms. The molecule has 6 rings (SSSR count). The Morgan fingerprint density at radius 3 is 2.71 bits per heavy atom. The molecular weight excluding hydrogens is 440 g/mol.